The molecule has 1 saturated heterocycles. The molecule has 0 radical (unpaired) electrons. The number of aromatic nitrogens is 2. The summed E-state index contributed by atoms with van der Waals surface area (Å²) in [5.41, 5.74) is 1.09. The lowest BCUT2D eigenvalue weighted by Gasteiger charge is -2.10. The van der Waals surface area contributed by atoms with Crippen molar-refractivity contribution in [3.63, 3.8) is 0 Å². The molecule has 1 atom stereocenters. The number of amides is 1. The third kappa shape index (κ3) is 3.29. The maximum absolute atomic E-state index is 11.8. The van der Waals surface area contributed by atoms with Crippen LogP contribution in [0.5, 0.6) is 0 Å². The Morgan fingerprint density at radius 3 is 2.74 bits per heavy atom. The molecule has 1 aromatic rings. The highest BCUT2D eigenvalue weighted by atomic mass is 16.2. The average Bonchev–Trinajstić information content (AvgIpc) is 3.14. The molecule has 0 spiro atoms. The Labute approximate surface area is 113 Å². The first-order valence-electron chi connectivity index (χ1n) is 7.15. The molecule has 2 heterocycles. The Kier molecular flexibility index (Phi) is 3.73. The third-order valence-corrected chi connectivity index (χ3v) is 3.76. The first kappa shape index (κ1) is 12.5. The van der Waals surface area contributed by atoms with Crippen LogP contribution in [0.25, 0.3) is 0 Å². The number of hydrogen-bond acceptors (Lipinski definition) is 4. The van der Waals surface area contributed by atoms with E-state index in [0.717, 1.165) is 37.2 Å². The van der Waals surface area contributed by atoms with Crippen LogP contribution in [0.4, 0.5) is 0 Å². The van der Waals surface area contributed by atoms with E-state index in [1.807, 2.05) is 12.4 Å². The van der Waals surface area contributed by atoms with Crippen molar-refractivity contribution in [2.75, 3.05) is 13.1 Å². The predicted molar refractivity (Wildman–Crippen MR) is 71.7 cm³/mol. The second kappa shape index (κ2) is 5.65. The van der Waals surface area contributed by atoms with Crippen LogP contribution in [0.3, 0.4) is 0 Å². The van der Waals surface area contributed by atoms with Crippen LogP contribution in [-0.2, 0) is 11.2 Å². The second-order valence-electron chi connectivity index (χ2n) is 5.41. The zero-order valence-electron chi connectivity index (χ0n) is 11.1. The first-order chi connectivity index (χ1) is 9.33. The van der Waals surface area contributed by atoms with E-state index >= 15 is 0 Å². The van der Waals surface area contributed by atoms with Gasteiger partial charge in [0.15, 0.2) is 0 Å². The van der Waals surface area contributed by atoms with E-state index in [1.165, 1.54) is 12.8 Å². The summed E-state index contributed by atoms with van der Waals surface area (Å²) in [6, 6.07) is 0.00786. The zero-order valence-corrected chi connectivity index (χ0v) is 11.1. The molecule has 2 N–H and O–H groups in total. The van der Waals surface area contributed by atoms with Gasteiger partial charge in [0.25, 0.3) is 0 Å². The summed E-state index contributed by atoms with van der Waals surface area (Å²) < 4.78 is 0. The fourth-order valence-electron chi connectivity index (χ4n) is 2.41. The van der Waals surface area contributed by atoms with Crippen molar-refractivity contribution < 1.29 is 4.79 Å². The molecule has 5 heteroatoms. The summed E-state index contributed by atoms with van der Waals surface area (Å²) in [7, 11) is 0. The molecular formula is C14H20N4O. The molecule has 0 aromatic carbocycles. The van der Waals surface area contributed by atoms with Crippen molar-refractivity contribution in [1.82, 2.24) is 20.6 Å². The molecule has 1 amide bonds. The minimum Gasteiger partial charge on any atom is -0.354 e. The molecule has 1 aliphatic carbocycles. The van der Waals surface area contributed by atoms with Crippen LogP contribution in [0.2, 0.25) is 0 Å². The lowest BCUT2D eigenvalue weighted by molar-refractivity contribution is -0.122. The summed E-state index contributed by atoms with van der Waals surface area (Å²) in [6.07, 6.45) is 9.07. The minimum absolute atomic E-state index is 0.00786. The summed E-state index contributed by atoms with van der Waals surface area (Å²) in [6.45, 7) is 1.61. The quantitative estimate of drug-likeness (QED) is 0.820. The van der Waals surface area contributed by atoms with Crippen LogP contribution < -0.4 is 10.6 Å². The van der Waals surface area contributed by atoms with Crippen molar-refractivity contribution >= 4 is 5.91 Å². The van der Waals surface area contributed by atoms with Gasteiger partial charge in [-0.15, -0.1) is 0 Å². The standard InChI is InChI=1S/C14H20N4O/c19-14(12-2-1-6-15-12)16-7-5-10-8-17-13(18-9-10)11-3-4-11/h8-9,11-12,15H,1-7H2,(H,16,19). The Morgan fingerprint density at radius 1 is 1.32 bits per heavy atom. The molecule has 5 nitrogen and oxygen atoms in total. The van der Waals surface area contributed by atoms with Gasteiger partial charge in [0, 0.05) is 24.9 Å². The number of hydrogen-bond donors (Lipinski definition) is 2. The molecular weight excluding hydrogens is 240 g/mol. The smallest absolute Gasteiger partial charge is 0.237 e. The van der Waals surface area contributed by atoms with Crippen molar-refractivity contribution in [2.24, 2.45) is 0 Å². The Hall–Kier alpha value is -1.49. The van der Waals surface area contributed by atoms with Crippen LogP contribution in [-0.4, -0.2) is 35.0 Å². The molecule has 3 rings (SSSR count). The molecule has 2 fully saturated rings. The highest BCUT2D eigenvalue weighted by molar-refractivity contribution is 5.81. The van der Waals surface area contributed by atoms with Gasteiger partial charge in [-0.1, -0.05) is 0 Å². The van der Waals surface area contributed by atoms with E-state index < -0.39 is 0 Å². The van der Waals surface area contributed by atoms with Crippen LogP contribution in [0.15, 0.2) is 12.4 Å². The number of rotatable bonds is 5. The molecule has 102 valence electrons. The van der Waals surface area contributed by atoms with Gasteiger partial charge < -0.3 is 10.6 Å². The van der Waals surface area contributed by atoms with E-state index in [9.17, 15) is 4.79 Å². The number of nitrogens with one attached hydrogen (secondary N) is 2. The number of carbonyl (C=O) groups excluding carboxylic acids is 1. The van der Waals surface area contributed by atoms with Gasteiger partial charge >= 0.3 is 0 Å². The molecule has 2 aliphatic rings. The largest absolute Gasteiger partial charge is 0.354 e. The van der Waals surface area contributed by atoms with E-state index in [4.69, 9.17) is 0 Å². The number of carbonyl (C=O) groups is 1. The first-order valence-corrected chi connectivity index (χ1v) is 7.15. The topological polar surface area (TPSA) is 66.9 Å². The van der Waals surface area contributed by atoms with Gasteiger partial charge in [-0.05, 0) is 44.2 Å². The van der Waals surface area contributed by atoms with Crippen LogP contribution >= 0.6 is 0 Å². The van der Waals surface area contributed by atoms with Gasteiger partial charge in [-0.3, -0.25) is 4.79 Å². The molecule has 1 aromatic heterocycles. The van der Waals surface area contributed by atoms with Crippen molar-refractivity contribution in [1.29, 1.82) is 0 Å². The Balaban J connectivity index is 1.42. The van der Waals surface area contributed by atoms with Gasteiger partial charge in [0.2, 0.25) is 5.91 Å². The van der Waals surface area contributed by atoms with Crippen LogP contribution in [0, 0.1) is 0 Å². The fraction of sp³-hybridized carbons (Fsp3) is 0.643. The fourth-order valence-corrected chi connectivity index (χ4v) is 2.41. The molecule has 0 bridgehead atoms. The Bertz CT molecular complexity index is 435. The van der Waals surface area contributed by atoms with E-state index in [-0.39, 0.29) is 11.9 Å². The lowest BCUT2D eigenvalue weighted by atomic mass is 10.2. The van der Waals surface area contributed by atoms with Crippen molar-refractivity contribution in [2.45, 2.75) is 44.1 Å². The predicted octanol–water partition coefficient (Wildman–Crippen LogP) is 0.765. The average molecular weight is 260 g/mol. The van der Waals surface area contributed by atoms with Gasteiger partial charge in [-0.2, -0.15) is 0 Å². The monoisotopic (exact) mass is 260 g/mol. The van der Waals surface area contributed by atoms with Gasteiger partial charge in [0.05, 0.1) is 6.04 Å². The third-order valence-electron chi connectivity index (χ3n) is 3.76. The van der Waals surface area contributed by atoms with E-state index in [0.29, 0.717) is 12.5 Å². The maximum Gasteiger partial charge on any atom is 0.237 e. The summed E-state index contributed by atoms with van der Waals surface area (Å²) >= 11 is 0. The highest BCUT2D eigenvalue weighted by Gasteiger charge is 2.26. The van der Waals surface area contributed by atoms with E-state index in [2.05, 4.69) is 20.6 Å². The summed E-state index contributed by atoms with van der Waals surface area (Å²) in [4.78, 5) is 20.5. The lowest BCUT2D eigenvalue weighted by Crippen LogP contribution is -2.41. The molecule has 1 unspecified atom stereocenters. The normalized spacial score (nSPS) is 22.4. The second-order valence-corrected chi connectivity index (χ2v) is 5.41. The van der Waals surface area contributed by atoms with Crippen LogP contribution in [0.1, 0.15) is 43.0 Å². The maximum atomic E-state index is 11.8. The molecule has 19 heavy (non-hydrogen) atoms. The Morgan fingerprint density at radius 2 is 2.11 bits per heavy atom. The van der Waals surface area contributed by atoms with Gasteiger partial charge in [0.1, 0.15) is 5.82 Å². The van der Waals surface area contributed by atoms with Gasteiger partial charge in [-0.25, -0.2) is 9.97 Å². The molecule has 1 saturated carbocycles. The van der Waals surface area contributed by atoms with Crippen molar-refractivity contribution in [3.05, 3.63) is 23.8 Å². The summed E-state index contributed by atoms with van der Waals surface area (Å²) in [5.74, 6) is 1.69. The number of nitrogens with zero attached hydrogens (tertiary/aromatic N) is 2. The molecule has 1 aliphatic heterocycles. The zero-order chi connectivity index (χ0) is 13.1. The minimum atomic E-state index is 0.00786. The van der Waals surface area contributed by atoms with E-state index in [1.54, 1.807) is 0 Å². The highest BCUT2D eigenvalue weighted by Crippen LogP contribution is 2.37. The SMILES string of the molecule is O=C(NCCc1cnc(C2CC2)nc1)C1CCCN1. The summed E-state index contributed by atoms with van der Waals surface area (Å²) in [5, 5.41) is 6.16. The van der Waals surface area contributed by atoms with Crippen molar-refractivity contribution in [3.8, 4) is 0 Å².